The molecule has 1 heterocycles. The maximum Gasteiger partial charge on any atom is 0.335 e. The van der Waals surface area contributed by atoms with Gasteiger partial charge in [-0.15, -0.1) is 0 Å². The van der Waals surface area contributed by atoms with Crippen molar-refractivity contribution in [3.8, 4) is 0 Å². The standard InChI is InChI=1S/C7H12O7/c1-13-7-4(10)2(8)3(9)5(14-7)6(11)12/h2-5,7-10H,1H3,(H,11,12)/t2-,3-,4+,5+,7?/m1/s1. The monoisotopic (exact) mass is 208 g/mol. The van der Waals surface area contributed by atoms with Gasteiger partial charge in [0.05, 0.1) is 0 Å². The molecule has 4 N–H and O–H groups in total. The van der Waals surface area contributed by atoms with E-state index in [0.29, 0.717) is 0 Å². The first-order valence-electron chi connectivity index (χ1n) is 3.94. The average molecular weight is 208 g/mol. The fourth-order valence-electron chi connectivity index (χ4n) is 1.25. The van der Waals surface area contributed by atoms with E-state index in [-0.39, 0.29) is 0 Å². The molecule has 7 nitrogen and oxygen atoms in total. The van der Waals surface area contributed by atoms with Gasteiger partial charge in [-0.1, -0.05) is 0 Å². The van der Waals surface area contributed by atoms with Crippen molar-refractivity contribution in [1.29, 1.82) is 0 Å². The lowest BCUT2D eigenvalue weighted by Crippen LogP contribution is -2.60. The normalized spacial score (nSPS) is 43.6. The molecular weight excluding hydrogens is 196 g/mol. The molecule has 7 heteroatoms. The predicted octanol–water partition coefficient (Wildman–Crippen LogP) is -2.47. The maximum atomic E-state index is 10.5. The smallest absolute Gasteiger partial charge is 0.335 e. The van der Waals surface area contributed by atoms with E-state index in [4.69, 9.17) is 9.84 Å². The number of ether oxygens (including phenoxy) is 2. The van der Waals surface area contributed by atoms with Crippen LogP contribution in [0.4, 0.5) is 0 Å². The van der Waals surface area contributed by atoms with Crippen LogP contribution >= 0.6 is 0 Å². The Morgan fingerprint density at radius 3 is 2.21 bits per heavy atom. The van der Waals surface area contributed by atoms with Crippen LogP contribution < -0.4 is 0 Å². The highest BCUT2D eigenvalue weighted by Crippen LogP contribution is 2.21. The van der Waals surface area contributed by atoms with Crippen LogP contribution in [0.1, 0.15) is 0 Å². The fraction of sp³-hybridized carbons (Fsp3) is 0.857. The first-order chi connectivity index (χ1) is 6.49. The van der Waals surface area contributed by atoms with Crippen molar-refractivity contribution < 1.29 is 34.7 Å². The zero-order valence-electron chi connectivity index (χ0n) is 7.40. The molecule has 1 saturated heterocycles. The summed E-state index contributed by atoms with van der Waals surface area (Å²) in [5.41, 5.74) is 0. The van der Waals surface area contributed by atoms with Crippen LogP contribution in [0.15, 0.2) is 0 Å². The minimum absolute atomic E-state index is 1.19. The van der Waals surface area contributed by atoms with E-state index in [2.05, 4.69) is 4.74 Å². The molecule has 0 aliphatic carbocycles. The van der Waals surface area contributed by atoms with Crippen LogP contribution in [0.2, 0.25) is 0 Å². The van der Waals surface area contributed by atoms with Gasteiger partial charge in [-0.25, -0.2) is 4.79 Å². The molecule has 5 atom stereocenters. The Hall–Kier alpha value is -0.730. The third kappa shape index (κ3) is 1.86. The number of carbonyl (C=O) groups is 1. The minimum Gasteiger partial charge on any atom is -0.479 e. The van der Waals surface area contributed by atoms with Crippen molar-refractivity contribution in [2.45, 2.75) is 30.7 Å². The molecule has 1 rings (SSSR count). The Kier molecular flexibility index (Phi) is 3.40. The van der Waals surface area contributed by atoms with Crippen LogP contribution in [-0.4, -0.2) is 64.2 Å². The molecule has 0 aromatic rings. The molecule has 0 radical (unpaired) electrons. The predicted molar refractivity (Wildman–Crippen MR) is 41.3 cm³/mol. The van der Waals surface area contributed by atoms with Crippen molar-refractivity contribution >= 4 is 5.97 Å². The van der Waals surface area contributed by atoms with E-state index in [9.17, 15) is 20.1 Å². The summed E-state index contributed by atoms with van der Waals surface area (Å²) in [7, 11) is 1.19. The summed E-state index contributed by atoms with van der Waals surface area (Å²) < 4.78 is 9.31. The molecule has 82 valence electrons. The number of hydrogen-bond acceptors (Lipinski definition) is 6. The largest absolute Gasteiger partial charge is 0.479 e. The SMILES string of the molecule is COC1O[C@H](C(=O)O)[C@H](O)[C@@H](O)[C@@H]1O. The van der Waals surface area contributed by atoms with Gasteiger partial charge in [0.25, 0.3) is 0 Å². The average Bonchev–Trinajstić information content (AvgIpc) is 2.14. The number of hydrogen-bond donors (Lipinski definition) is 4. The molecule has 1 aliphatic rings. The summed E-state index contributed by atoms with van der Waals surface area (Å²) in [6.07, 6.45) is -7.60. The Labute approximate surface area is 79.5 Å². The third-order valence-electron chi connectivity index (χ3n) is 2.05. The highest BCUT2D eigenvalue weighted by Gasteiger charge is 2.46. The summed E-state index contributed by atoms with van der Waals surface area (Å²) in [5.74, 6) is -1.43. The Balaban J connectivity index is 2.78. The number of aliphatic hydroxyl groups excluding tert-OH is 3. The Morgan fingerprint density at radius 1 is 1.21 bits per heavy atom. The highest BCUT2D eigenvalue weighted by atomic mass is 16.7. The van der Waals surface area contributed by atoms with Crippen molar-refractivity contribution in [1.82, 2.24) is 0 Å². The summed E-state index contributed by atoms with van der Waals surface area (Å²) in [5, 5.41) is 36.3. The number of carboxylic acids is 1. The van der Waals surface area contributed by atoms with Crippen molar-refractivity contribution in [2.24, 2.45) is 0 Å². The summed E-state index contributed by atoms with van der Waals surface area (Å²) in [6.45, 7) is 0. The van der Waals surface area contributed by atoms with Crippen LogP contribution in [-0.2, 0) is 14.3 Å². The zero-order chi connectivity index (χ0) is 10.9. The lowest BCUT2D eigenvalue weighted by atomic mass is 9.99. The number of aliphatic carboxylic acids is 1. The van der Waals surface area contributed by atoms with E-state index in [0.717, 1.165) is 0 Å². The summed E-state index contributed by atoms with van der Waals surface area (Å²) >= 11 is 0. The molecular formula is C7H12O7. The van der Waals surface area contributed by atoms with Crippen LogP contribution in [0, 0.1) is 0 Å². The molecule has 0 amide bonds. The number of rotatable bonds is 2. The second-order valence-corrected chi connectivity index (χ2v) is 2.97. The van der Waals surface area contributed by atoms with Gasteiger partial charge in [-0.05, 0) is 0 Å². The van der Waals surface area contributed by atoms with Gasteiger partial charge in [0, 0.05) is 7.11 Å². The van der Waals surface area contributed by atoms with Crippen LogP contribution in [0.25, 0.3) is 0 Å². The minimum atomic E-state index is -1.67. The fourth-order valence-corrected chi connectivity index (χ4v) is 1.25. The molecule has 0 saturated carbocycles. The first-order valence-corrected chi connectivity index (χ1v) is 3.94. The zero-order valence-corrected chi connectivity index (χ0v) is 7.40. The third-order valence-corrected chi connectivity index (χ3v) is 2.05. The van der Waals surface area contributed by atoms with E-state index in [1.807, 2.05) is 0 Å². The summed E-state index contributed by atoms with van der Waals surface area (Å²) in [6, 6.07) is 0. The van der Waals surface area contributed by atoms with E-state index in [1.54, 1.807) is 0 Å². The van der Waals surface area contributed by atoms with Crippen LogP contribution in [0.3, 0.4) is 0 Å². The Bertz CT molecular complexity index is 216. The molecule has 1 aliphatic heterocycles. The van der Waals surface area contributed by atoms with Gasteiger partial charge in [0.15, 0.2) is 12.4 Å². The van der Waals surface area contributed by atoms with Gasteiger partial charge in [0.2, 0.25) is 0 Å². The molecule has 14 heavy (non-hydrogen) atoms. The van der Waals surface area contributed by atoms with Gasteiger partial charge in [-0.3, -0.25) is 0 Å². The van der Waals surface area contributed by atoms with Gasteiger partial charge < -0.3 is 29.9 Å². The van der Waals surface area contributed by atoms with Crippen molar-refractivity contribution in [3.05, 3.63) is 0 Å². The number of aliphatic hydroxyl groups is 3. The molecule has 0 aromatic carbocycles. The second kappa shape index (κ2) is 4.20. The number of carboxylic acid groups (broad SMARTS) is 1. The van der Waals surface area contributed by atoms with Crippen molar-refractivity contribution in [2.75, 3.05) is 7.11 Å². The Morgan fingerprint density at radius 2 is 1.79 bits per heavy atom. The lowest BCUT2D eigenvalue weighted by molar-refractivity contribution is -0.287. The van der Waals surface area contributed by atoms with E-state index >= 15 is 0 Å². The van der Waals surface area contributed by atoms with E-state index < -0.39 is 36.7 Å². The van der Waals surface area contributed by atoms with Crippen molar-refractivity contribution in [3.63, 3.8) is 0 Å². The molecule has 0 aromatic heterocycles. The highest BCUT2D eigenvalue weighted by molar-refractivity contribution is 5.73. The first kappa shape index (κ1) is 11.3. The van der Waals surface area contributed by atoms with Gasteiger partial charge in [0.1, 0.15) is 18.3 Å². The molecule has 0 bridgehead atoms. The molecule has 0 spiro atoms. The number of methoxy groups -OCH3 is 1. The lowest BCUT2D eigenvalue weighted by Gasteiger charge is -2.37. The van der Waals surface area contributed by atoms with Gasteiger partial charge in [-0.2, -0.15) is 0 Å². The quantitative estimate of drug-likeness (QED) is 0.397. The van der Waals surface area contributed by atoms with Gasteiger partial charge >= 0.3 is 5.97 Å². The molecule has 1 unspecified atom stereocenters. The topological polar surface area (TPSA) is 116 Å². The van der Waals surface area contributed by atoms with Crippen LogP contribution in [0.5, 0.6) is 0 Å². The maximum absolute atomic E-state index is 10.5. The second-order valence-electron chi connectivity index (χ2n) is 2.97. The molecule has 1 fully saturated rings. The van der Waals surface area contributed by atoms with E-state index in [1.165, 1.54) is 7.11 Å². The summed E-state index contributed by atoms with van der Waals surface area (Å²) in [4.78, 5) is 10.5.